The van der Waals surface area contributed by atoms with Crippen LogP contribution in [0.4, 0.5) is 0 Å². The minimum atomic E-state index is -1.42. The molecule has 0 unspecified atom stereocenters. The van der Waals surface area contributed by atoms with Crippen LogP contribution in [0.25, 0.3) is 0 Å². The number of thiol groups is 1. The lowest BCUT2D eigenvalue weighted by Crippen LogP contribution is -2.24. The van der Waals surface area contributed by atoms with E-state index in [4.69, 9.17) is 0 Å². The van der Waals surface area contributed by atoms with Gasteiger partial charge >= 0.3 is 5.97 Å². The first-order valence-electron chi connectivity index (χ1n) is 7.13. The second-order valence-electron chi connectivity index (χ2n) is 6.62. The number of esters is 1. The molecule has 22 heavy (non-hydrogen) atoms. The van der Waals surface area contributed by atoms with Gasteiger partial charge in [-0.2, -0.15) is 11.8 Å². The zero-order valence-electron chi connectivity index (χ0n) is 13.7. The molecule has 0 radical (unpaired) electrons. The molecule has 0 spiro atoms. The summed E-state index contributed by atoms with van der Waals surface area (Å²) >= 11 is 4.49. The molecule has 1 aromatic rings. The highest BCUT2D eigenvalue weighted by atomic mass is 127. The van der Waals surface area contributed by atoms with Gasteiger partial charge < -0.3 is 9.30 Å². The normalized spacial score (nSPS) is 13.4. The van der Waals surface area contributed by atoms with Crippen molar-refractivity contribution in [1.29, 1.82) is 0 Å². The second-order valence-corrected chi connectivity index (χ2v) is 24.7. The molecule has 4 nitrogen and oxygen atoms in total. The molecule has 128 valence electrons. The molecule has 0 fully saturated rings. The predicted molar refractivity (Wildman–Crippen MR) is 109 cm³/mol. The maximum atomic E-state index is 11.9. The summed E-state index contributed by atoms with van der Waals surface area (Å²) in [5.74, 6) is 2.83. The minimum Gasteiger partial charge on any atom is -0.468 e. The van der Waals surface area contributed by atoms with Crippen molar-refractivity contribution >= 4 is 45.3 Å². The smallest absolute Gasteiger partial charge is 0.325 e. The number of nitrogens with zero attached hydrogens (tertiary/aromatic N) is 1. The number of hydrogen-bond acceptors (Lipinski definition) is 4. The maximum Gasteiger partial charge on any atom is 0.325 e. The summed E-state index contributed by atoms with van der Waals surface area (Å²) in [5, 5.41) is 0. The first kappa shape index (κ1) is 19.9. The van der Waals surface area contributed by atoms with E-state index in [1.165, 1.54) is 23.9 Å². The van der Waals surface area contributed by atoms with Crippen molar-refractivity contribution < 1.29 is 9.53 Å². The molecule has 1 heterocycles. The lowest BCUT2D eigenvalue weighted by molar-refractivity contribution is -0.141. The number of aromatic nitrogens is 1. The van der Waals surface area contributed by atoms with Gasteiger partial charge in [0.05, 0.1) is 7.11 Å². The number of carbonyl (C=O) groups is 1. The van der Waals surface area contributed by atoms with Crippen LogP contribution in [0.5, 0.6) is 0 Å². The van der Waals surface area contributed by atoms with Gasteiger partial charge in [-0.1, -0.05) is 0 Å². The first-order chi connectivity index (χ1) is 10.1. The maximum absolute atomic E-state index is 11.9. The van der Waals surface area contributed by atoms with Gasteiger partial charge in [-0.3, -0.25) is 9.59 Å². The molecular weight excluding hydrogens is 433 g/mol. The van der Waals surface area contributed by atoms with E-state index in [1.807, 2.05) is 17.8 Å². The number of halogens is 1. The Morgan fingerprint density at radius 2 is 2.09 bits per heavy atom. The largest absolute Gasteiger partial charge is 0.468 e. The van der Waals surface area contributed by atoms with E-state index >= 15 is 0 Å². The Hall–Kier alpha value is -0.150. The Balaban J connectivity index is 2.43. The van der Waals surface area contributed by atoms with Gasteiger partial charge in [0.25, 0.3) is 5.56 Å². The van der Waals surface area contributed by atoms with Crippen LogP contribution in [0.15, 0.2) is 23.1 Å². The van der Waals surface area contributed by atoms with Crippen LogP contribution in [-0.2, 0) is 21.8 Å². The van der Waals surface area contributed by atoms with Gasteiger partial charge in [0.15, 0.2) is 0 Å². The van der Waals surface area contributed by atoms with Crippen LogP contribution in [0.2, 0.25) is 0 Å². The highest BCUT2D eigenvalue weighted by Crippen LogP contribution is 2.67. The number of hydrogen-bond donors (Lipinski definition) is 1. The van der Waals surface area contributed by atoms with E-state index in [1.54, 1.807) is 12.3 Å². The molecule has 0 aliphatic rings. The van der Waals surface area contributed by atoms with Crippen molar-refractivity contribution in [1.82, 2.24) is 4.57 Å². The van der Waals surface area contributed by atoms with Gasteiger partial charge in [0.1, 0.15) is 6.54 Å². The fourth-order valence-corrected chi connectivity index (χ4v) is 5.24. The Morgan fingerprint density at radius 3 is 2.64 bits per heavy atom. The molecule has 0 saturated heterocycles. The number of ether oxygens (including phenoxy) is 1. The van der Waals surface area contributed by atoms with Crippen molar-refractivity contribution in [3.8, 4) is 0 Å². The molecule has 1 rings (SSSR count). The molecule has 1 aromatic heterocycles. The Kier molecular flexibility index (Phi) is 7.32. The SMILES string of the molecule is COC(=O)Cn1ccc(CSCCC[SH](C)(C)(C)I)cc1=O. The molecule has 0 N–H and O–H groups in total. The van der Waals surface area contributed by atoms with Crippen LogP contribution < -0.4 is 5.56 Å². The van der Waals surface area contributed by atoms with Crippen molar-refractivity contribution in [2.45, 2.75) is 18.7 Å². The van der Waals surface area contributed by atoms with Gasteiger partial charge in [-0.05, 0) is 69.5 Å². The predicted octanol–water partition coefficient (Wildman–Crippen LogP) is 2.96. The monoisotopic (exact) mass is 459 g/mol. The second kappa shape index (κ2) is 8.10. The molecule has 0 atom stereocenters. The third-order valence-corrected chi connectivity index (χ3v) is 7.45. The molecule has 7 heteroatoms. The zero-order chi connectivity index (χ0) is 16.8. The minimum absolute atomic E-state index is 0.0327. The highest BCUT2D eigenvalue weighted by Gasteiger charge is 2.19. The summed E-state index contributed by atoms with van der Waals surface area (Å²) in [6.07, 6.45) is 8.62. The average Bonchev–Trinajstić information content (AvgIpc) is 2.39. The van der Waals surface area contributed by atoms with Crippen LogP contribution in [0.1, 0.15) is 12.0 Å². The van der Waals surface area contributed by atoms with E-state index in [9.17, 15) is 9.59 Å². The van der Waals surface area contributed by atoms with Crippen LogP contribution in [-0.4, -0.2) is 47.9 Å². The van der Waals surface area contributed by atoms with Gasteiger partial charge in [-0.15, -0.1) is 0 Å². The Labute approximate surface area is 149 Å². The molecule has 0 aliphatic carbocycles. The van der Waals surface area contributed by atoms with E-state index in [-0.39, 0.29) is 12.1 Å². The highest BCUT2D eigenvalue weighted by molar-refractivity contribution is 14.2. The van der Waals surface area contributed by atoms with E-state index in [0.29, 0.717) is 0 Å². The van der Waals surface area contributed by atoms with Crippen molar-refractivity contribution in [2.24, 2.45) is 0 Å². The third kappa shape index (κ3) is 8.47. The molecule has 0 aliphatic heterocycles. The number of methoxy groups -OCH3 is 1. The summed E-state index contributed by atoms with van der Waals surface area (Å²) in [5.41, 5.74) is 0.851. The molecule has 0 bridgehead atoms. The van der Waals surface area contributed by atoms with Crippen LogP contribution >= 0.6 is 39.3 Å². The lowest BCUT2D eigenvalue weighted by Gasteiger charge is -2.44. The quantitative estimate of drug-likeness (QED) is 0.281. The summed E-state index contributed by atoms with van der Waals surface area (Å²) in [4.78, 5) is 23.1. The topological polar surface area (TPSA) is 48.3 Å². The third-order valence-electron chi connectivity index (χ3n) is 3.06. The van der Waals surface area contributed by atoms with Gasteiger partial charge in [0.2, 0.25) is 0 Å². The first-order valence-corrected chi connectivity index (χ1v) is 14.8. The lowest BCUT2D eigenvalue weighted by atomic mass is 10.3. The molecular formula is C15H26INO3S2. The van der Waals surface area contributed by atoms with Gasteiger partial charge in [0, 0.05) is 18.0 Å². The van der Waals surface area contributed by atoms with Gasteiger partial charge in [-0.25, -0.2) is 6.33 Å². The summed E-state index contributed by atoms with van der Waals surface area (Å²) < 4.78 is 5.93. The van der Waals surface area contributed by atoms with E-state index in [2.05, 4.69) is 44.7 Å². The number of thioether (sulfide) groups is 1. The van der Waals surface area contributed by atoms with E-state index < -0.39 is 12.3 Å². The van der Waals surface area contributed by atoms with Crippen LogP contribution in [0.3, 0.4) is 0 Å². The number of carbonyl (C=O) groups excluding carboxylic acids is 1. The average molecular weight is 459 g/mol. The van der Waals surface area contributed by atoms with E-state index in [0.717, 1.165) is 17.1 Å². The zero-order valence-corrected chi connectivity index (χ0v) is 17.5. The number of pyridine rings is 1. The van der Waals surface area contributed by atoms with Crippen molar-refractivity contribution in [3.63, 3.8) is 0 Å². The molecule has 0 saturated carbocycles. The standard InChI is InChI=1S/C15H26INO3S2/c1-20-15(19)11-17-7-6-13(10-14(17)18)12-21-8-5-9-22(2,3,4)16/h6-7,10,22H,5,8-9,11-12H2,1-4H3. The van der Waals surface area contributed by atoms with Crippen molar-refractivity contribution in [2.75, 3.05) is 37.4 Å². The van der Waals surface area contributed by atoms with Crippen LogP contribution in [0, 0.1) is 0 Å². The fraction of sp³-hybridized carbons (Fsp3) is 0.600. The fourth-order valence-electron chi connectivity index (χ4n) is 1.86. The molecule has 0 aromatic carbocycles. The Bertz CT molecular complexity index is 569. The summed E-state index contributed by atoms with van der Waals surface area (Å²) in [6.45, 7) is -0.0327. The number of rotatable bonds is 8. The summed E-state index contributed by atoms with van der Waals surface area (Å²) in [6, 6.07) is 3.50. The molecule has 0 amide bonds. The summed E-state index contributed by atoms with van der Waals surface area (Å²) in [7, 11) is 1.32. The Morgan fingerprint density at radius 1 is 1.41 bits per heavy atom. The van der Waals surface area contributed by atoms with Crippen molar-refractivity contribution in [3.05, 3.63) is 34.2 Å².